The van der Waals surface area contributed by atoms with Crippen molar-refractivity contribution < 1.29 is 4.74 Å². The SMILES string of the molecule is Cc1cccc2c1C1(C)OC1C(C)(C)C(C)(C)S2. The van der Waals surface area contributed by atoms with E-state index in [-0.39, 0.29) is 15.8 Å². The second-order valence-corrected chi connectivity index (χ2v) is 8.55. The minimum absolute atomic E-state index is 0.0784. The smallest absolute Gasteiger partial charge is 0.119 e. The van der Waals surface area contributed by atoms with E-state index in [9.17, 15) is 0 Å². The lowest BCUT2D eigenvalue weighted by Crippen LogP contribution is -2.40. The van der Waals surface area contributed by atoms with Gasteiger partial charge in [0.05, 0.1) is 6.10 Å². The fourth-order valence-corrected chi connectivity index (χ4v) is 4.85. The van der Waals surface area contributed by atoms with Crippen molar-refractivity contribution in [1.82, 2.24) is 0 Å². The first kappa shape index (κ1) is 12.6. The van der Waals surface area contributed by atoms with Crippen molar-refractivity contribution in [2.75, 3.05) is 0 Å². The minimum atomic E-state index is -0.0784. The summed E-state index contributed by atoms with van der Waals surface area (Å²) in [6.07, 6.45) is 0.329. The van der Waals surface area contributed by atoms with Crippen LogP contribution >= 0.6 is 11.8 Å². The summed E-state index contributed by atoms with van der Waals surface area (Å²) in [7, 11) is 0. The Morgan fingerprint density at radius 2 is 1.78 bits per heavy atom. The number of aryl methyl sites for hydroxylation is 1. The standard InChI is InChI=1S/C16H22OS/c1-10-8-7-9-11-12(10)16(6)13(17-16)14(2,3)15(4,5)18-11/h7-9,13H,1-6H3. The van der Waals surface area contributed by atoms with Crippen molar-refractivity contribution in [1.29, 1.82) is 0 Å². The average molecular weight is 262 g/mol. The molecule has 1 nitrogen and oxygen atoms in total. The van der Waals surface area contributed by atoms with Gasteiger partial charge in [0, 0.05) is 20.6 Å². The molecule has 1 aromatic rings. The molecule has 0 N–H and O–H groups in total. The van der Waals surface area contributed by atoms with Gasteiger partial charge in [-0.1, -0.05) is 26.0 Å². The van der Waals surface area contributed by atoms with E-state index >= 15 is 0 Å². The molecule has 0 aliphatic carbocycles. The topological polar surface area (TPSA) is 12.5 Å². The molecule has 0 spiro atoms. The second kappa shape index (κ2) is 3.34. The molecule has 0 aromatic heterocycles. The molecule has 18 heavy (non-hydrogen) atoms. The largest absolute Gasteiger partial charge is 0.361 e. The first-order valence-electron chi connectivity index (χ1n) is 6.67. The molecule has 0 saturated carbocycles. The molecule has 98 valence electrons. The Hall–Kier alpha value is -0.470. The zero-order valence-electron chi connectivity index (χ0n) is 12.1. The number of hydrogen-bond acceptors (Lipinski definition) is 2. The number of hydrogen-bond donors (Lipinski definition) is 0. The van der Waals surface area contributed by atoms with Crippen LogP contribution in [0, 0.1) is 12.3 Å². The highest BCUT2D eigenvalue weighted by Gasteiger charge is 2.67. The molecule has 1 saturated heterocycles. The maximum absolute atomic E-state index is 6.19. The van der Waals surface area contributed by atoms with Crippen LogP contribution in [0.2, 0.25) is 0 Å². The van der Waals surface area contributed by atoms with E-state index in [1.54, 1.807) is 0 Å². The summed E-state index contributed by atoms with van der Waals surface area (Å²) in [5.41, 5.74) is 2.86. The molecule has 2 heterocycles. The number of epoxide rings is 1. The summed E-state index contributed by atoms with van der Waals surface area (Å²) >= 11 is 2.01. The molecule has 2 heteroatoms. The van der Waals surface area contributed by atoms with Crippen molar-refractivity contribution in [2.45, 2.75) is 62.9 Å². The van der Waals surface area contributed by atoms with Gasteiger partial charge in [-0.05, 0) is 39.3 Å². The fraction of sp³-hybridized carbons (Fsp3) is 0.625. The van der Waals surface area contributed by atoms with Gasteiger partial charge in [-0.3, -0.25) is 0 Å². The first-order chi connectivity index (χ1) is 8.20. The third kappa shape index (κ3) is 1.39. The van der Waals surface area contributed by atoms with E-state index in [0.717, 1.165) is 0 Å². The summed E-state index contributed by atoms with van der Waals surface area (Å²) in [4.78, 5) is 1.40. The molecular formula is C16H22OS. The van der Waals surface area contributed by atoms with Gasteiger partial charge in [-0.15, -0.1) is 11.8 Å². The van der Waals surface area contributed by atoms with Gasteiger partial charge in [0.25, 0.3) is 0 Å². The first-order valence-corrected chi connectivity index (χ1v) is 7.49. The fourth-order valence-electron chi connectivity index (χ4n) is 3.32. The van der Waals surface area contributed by atoms with Crippen LogP contribution in [0.25, 0.3) is 0 Å². The highest BCUT2D eigenvalue weighted by atomic mass is 32.2. The van der Waals surface area contributed by atoms with E-state index in [2.05, 4.69) is 59.7 Å². The Morgan fingerprint density at radius 3 is 2.44 bits per heavy atom. The Morgan fingerprint density at radius 1 is 1.11 bits per heavy atom. The van der Waals surface area contributed by atoms with Gasteiger partial charge in [0.15, 0.2) is 0 Å². The van der Waals surface area contributed by atoms with E-state index in [1.165, 1.54) is 16.0 Å². The van der Waals surface area contributed by atoms with Crippen molar-refractivity contribution in [3.63, 3.8) is 0 Å². The molecule has 0 radical (unpaired) electrons. The van der Waals surface area contributed by atoms with Crippen LogP contribution in [-0.2, 0) is 10.3 Å². The van der Waals surface area contributed by atoms with Gasteiger partial charge in [0.1, 0.15) is 5.60 Å². The van der Waals surface area contributed by atoms with Crippen LogP contribution in [0.1, 0.15) is 45.7 Å². The van der Waals surface area contributed by atoms with Crippen LogP contribution in [0.4, 0.5) is 0 Å². The van der Waals surface area contributed by atoms with Crippen molar-refractivity contribution in [2.24, 2.45) is 5.41 Å². The van der Waals surface area contributed by atoms with E-state index in [0.29, 0.717) is 6.10 Å². The van der Waals surface area contributed by atoms with Crippen LogP contribution in [0.15, 0.2) is 23.1 Å². The Kier molecular flexibility index (Phi) is 2.33. The van der Waals surface area contributed by atoms with Crippen molar-refractivity contribution in [3.05, 3.63) is 29.3 Å². The van der Waals surface area contributed by atoms with Gasteiger partial charge in [0.2, 0.25) is 0 Å². The molecule has 1 aromatic carbocycles. The number of benzene rings is 1. The maximum Gasteiger partial charge on any atom is 0.119 e. The van der Waals surface area contributed by atoms with Gasteiger partial charge in [-0.25, -0.2) is 0 Å². The van der Waals surface area contributed by atoms with E-state index in [1.807, 2.05) is 11.8 Å². The Bertz CT molecular complexity index is 518. The second-order valence-electron chi connectivity index (χ2n) is 6.89. The Labute approximate surface area is 114 Å². The number of thioether (sulfide) groups is 1. The normalized spacial score (nSPS) is 35.3. The average Bonchev–Trinajstić information content (AvgIpc) is 2.90. The minimum Gasteiger partial charge on any atom is -0.361 e. The highest BCUT2D eigenvalue weighted by Crippen LogP contribution is 2.65. The molecule has 2 atom stereocenters. The molecule has 2 unspecified atom stereocenters. The monoisotopic (exact) mass is 262 g/mol. The number of rotatable bonds is 0. The number of ether oxygens (including phenoxy) is 1. The summed E-state index contributed by atoms with van der Waals surface area (Å²) in [6.45, 7) is 13.8. The van der Waals surface area contributed by atoms with E-state index in [4.69, 9.17) is 4.74 Å². The third-order valence-electron chi connectivity index (χ3n) is 5.11. The van der Waals surface area contributed by atoms with Crippen molar-refractivity contribution in [3.8, 4) is 0 Å². The maximum atomic E-state index is 6.19. The Balaban J connectivity index is 2.24. The van der Waals surface area contributed by atoms with Crippen LogP contribution < -0.4 is 0 Å². The van der Waals surface area contributed by atoms with E-state index < -0.39 is 0 Å². The molecule has 0 amide bonds. The lowest BCUT2D eigenvalue weighted by molar-refractivity contribution is 0.192. The quantitative estimate of drug-likeness (QED) is 0.637. The summed E-state index contributed by atoms with van der Waals surface area (Å²) in [6, 6.07) is 6.62. The zero-order valence-corrected chi connectivity index (χ0v) is 12.9. The lowest BCUT2D eigenvalue weighted by Gasteiger charge is -2.39. The van der Waals surface area contributed by atoms with Crippen LogP contribution in [0.3, 0.4) is 0 Å². The summed E-state index contributed by atoms with van der Waals surface area (Å²) < 4.78 is 6.37. The molecule has 2 aliphatic heterocycles. The van der Waals surface area contributed by atoms with Gasteiger partial charge in [-0.2, -0.15) is 0 Å². The zero-order chi connectivity index (χ0) is 13.3. The molecule has 3 rings (SSSR count). The molecule has 1 fully saturated rings. The number of fused-ring (bicyclic) bond motifs is 3. The lowest BCUT2D eigenvalue weighted by atomic mass is 9.72. The van der Waals surface area contributed by atoms with Crippen molar-refractivity contribution >= 4 is 11.8 Å². The predicted octanol–water partition coefficient (Wildman–Crippen LogP) is 4.52. The van der Waals surface area contributed by atoms with Gasteiger partial charge < -0.3 is 4.74 Å². The highest BCUT2D eigenvalue weighted by molar-refractivity contribution is 8.00. The predicted molar refractivity (Wildman–Crippen MR) is 77.1 cm³/mol. The molecule has 2 aliphatic rings. The molecule has 0 bridgehead atoms. The molecular weight excluding hydrogens is 240 g/mol. The summed E-state index contributed by atoms with van der Waals surface area (Å²) in [5.74, 6) is 0. The van der Waals surface area contributed by atoms with Gasteiger partial charge >= 0.3 is 0 Å². The third-order valence-corrected chi connectivity index (χ3v) is 6.71. The van der Waals surface area contributed by atoms with Crippen LogP contribution in [0.5, 0.6) is 0 Å². The van der Waals surface area contributed by atoms with Crippen LogP contribution in [-0.4, -0.2) is 10.9 Å². The summed E-state index contributed by atoms with van der Waals surface area (Å²) in [5, 5.41) is 0.